The number of rotatable bonds is 41. The van der Waals surface area contributed by atoms with Gasteiger partial charge in [-0.2, -0.15) is 0 Å². The van der Waals surface area contributed by atoms with Crippen LogP contribution in [0.1, 0.15) is 192 Å². The summed E-state index contributed by atoms with van der Waals surface area (Å²) in [5, 5.41) is 17.8. The van der Waals surface area contributed by atoms with Gasteiger partial charge in [0.2, 0.25) is 23.6 Å². The van der Waals surface area contributed by atoms with Gasteiger partial charge in [0.25, 0.3) is 0 Å². The summed E-state index contributed by atoms with van der Waals surface area (Å²) in [4.78, 5) is 74.5. The second kappa shape index (κ2) is 35.6. The number of Topliss-reactive ketones (excluding diaryl/α,β-unsaturated/α-hetero) is 1. The normalized spacial score (nSPS) is 13.5. The molecule has 0 aromatic heterocycles. The minimum atomic E-state index is -3.68. The van der Waals surface area contributed by atoms with E-state index >= 15 is 0 Å². The third-order valence-corrected chi connectivity index (χ3v) is 13.1. The minimum Gasteiger partial charge on any atom is -0.378 e. The lowest BCUT2D eigenvalue weighted by Crippen LogP contribution is -2.58. The number of ether oxygens (including phenoxy) is 3. The molecular weight excluding hydrogens is 904 g/mol. The molecule has 17 nitrogen and oxygen atoms in total. The Morgan fingerprint density at radius 1 is 0.449 bits per heavy atom. The highest BCUT2D eigenvalue weighted by molar-refractivity contribution is 7.54. The summed E-state index contributed by atoms with van der Waals surface area (Å²) >= 11 is 0. The van der Waals surface area contributed by atoms with Gasteiger partial charge in [-0.1, -0.05) is 46.5 Å². The van der Waals surface area contributed by atoms with Crippen LogP contribution in [0.4, 0.5) is 0 Å². The van der Waals surface area contributed by atoms with Crippen molar-refractivity contribution in [1.29, 1.82) is 0 Å². The van der Waals surface area contributed by atoms with Gasteiger partial charge in [-0.15, -0.1) is 0 Å². The zero-order valence-corrected chi connectivity index (χ0v) is 46.4. The first-order valence-electron chi connectivity index (χ1n) is 25.9. The molecule has 69 heavy (non-hydrogen) atoms. The van der Waals surface area contributed by atoms with Crippen molar-refractivity contribution >= 4 is 37.0 Å². The summed E-state index contributed by atoms with van der Waals surface area (Å²) in [6, 6.07) is 0. The summed E-state index contributed by atoms with van der Waals surface area (Å²) in [7, 11) is -3.68. The fourth-order valence-electron chi connectivity index (χ4n) is 6.61. The Hall–Kier alpha value is -2.50. The van der Waals surface area contributed by atoms with Crippen molar-refractivity contribution in [2.24, 2.45) is 5.41 Å². The molecule has 1 atom stereocenters. The van der Waals surface area contributed by atoms with Crippen LogP contribution in [-0.4, -0.2) is 135 Å². The maximum atomic E-state index is 13.6. The number of nitrogens with one attached hydrogen (secondary N) is 6. The Morgan fingerprint density at radius 3 is 1.36 bits per heavy atom. The molecule has 0 aromatic carbocycles. The van der Waals surface area contributed by atoms with Crippen LogP contribution in [0.3, 0.4) is 0 Å². The largest absolute Gasteiger partial charge is 0.378 e. The van der Waals surface area contributed by atoms with Crippen molar-refractivity contribution in [3.63, 3.8) is 0 Å². The standard InChI is InChI=1S/C51H101N6O11P/c1-47(2,3)29-17-15-16-23-42(58)26-36-65-39-51(40-66-37-27-44(60)53-31-21-33-55-48(4,5)6,41-67-38-28-45(61)54-32-22-34-56-49(7,8)9)57-46(62)25-20-24-43(59)52-30-18-13-14-19-35-68-69(63,64)50(10,11)12/h55-56H,13-41H2,1-12H3,(H,52,59)(H,53,60)(H,54,61)(H,57,62)(H,63,64). The highest BCUT2D eigenvalue weighted by Crippen LogP contribution is 2.54. The molecule has 4 amide bonds. The molecule has 7 N–H and O–H groups in total. The molecule has 0 bridgehead atoms. The third kappa shape index (κ3) is 40.8. The average Bonchev–Trinajstić information content (AvgIpc) is 3.21. The van der Waals surface area contributed by atoms with Crippen LogP contribution >= 0.6 is 7.60 Å². The van der Waals surface area contributed by atoms with Gasteiger partial charge in [-0.05, 0) is 126 Å². The molecule has 0 aliphatic heterocycles. The van der Waals surface area contributed by atoms with E-state index in [1.807, 2.05) is 0 Å². The number of amides is 4. The lowest BCUT2D eigenvalue weighted by molar-refractivity contribution is -0.131. The first kappa shape index (κ1) is 66.5. The van der Waals surface area contributed by atoms with E-state index in [-0.39, 0.29) is 131 Å². The van der Waals surface area contributed by atoms with Crippen LogP contribution in [-0.2, 0) is 47.3 Å². The number of carbonyl (C=O) groups is 5. The Bertz CT molecular complexity index is 1380. The molecule has 0 aliphatic carbocycles. The number of ketones is 1. The van der Waals surface area contributed by atoms with Crippen molar-refractivity contribution in [3.05, 3.63) is 0 Å². The third-order valence-electron chi connectivity index (χ3n) is 10.9. The van der Waals surface area contributed by atoms with Gasteiger partial charge in [0.1, 0.15) is 11.3 Å². The number of unbranched alkanes of at least 4 members (excludes halogenated alkanes) is 5. The van der Waals surface area contributed by atoms with Crippen molar-refractivity contribution < 1.29 is 52.2 Å². The predicted molar refractivity (Wildman–Crippen MR) is 276 cm³/mol. The smallest absolute Gasteiger partial charge is 0.333 e. The first-order chi connectivity index (χ1) is 32.0. The van der Waals surface area contributed by atoms with E-state index in [1.165, 1.54) is 0 Å². The first-order valence-corrected chi connectivity index (χ1v) is 27.5. The molecule has 0 spiro atoms. The number of carbonyl (C=O) groups excluding carboxylic acids is 5. The van der Waals surface area contributed by atoms with Gasteiger partial charge >= 0.3 is 7.60 Å². The van der Waals surface area contributed by atoms with E-state index < -0.39 is 18.3 Å². The molecule has 0 saturated heterocycles. The van der Waals surface area contributed by atoms with E-state index in [2.05, 4.69) is 94.2 Å². The monoisotopic (exact) mass is 1000 g/mol. The molecule has 0 rings (SSSR count). The van der Waals surface area contributed by atoms with Crippen molar-refractivity contribution in [1.82, 2.24) is 31.9 Å². The zero-order valence-electron chi connectivity index (χ0n) is 45.5. The number of hydrogen-bond acceptors (Lipinski definition) is 12. The molecule has 0 aromatic rings. The lowest BCUT2D eigenvalue weighted by Gasteiger charge is -2.34. The van der Waals surface area contributed by atoms with Crippen LogP contribution in [0.5, 0.6) is 0 Å². The minimum absolute atomic E-state index is 0.0113. The van der Waals surface area contributed by atoms with Gasteiger partial charge in [-0.25, -0.2) is 0 Å². The van der Waals surface area contributed by atoms with E-state index in [9.17, 15) is 33.4 Å². The molecule has 18 heteroatoms. The van der Waals surface area contributed by atoms with Crippen LogP contribution in [0.15, 0.2) is 0 Å². The van der Waals surface area contributed by atoms with E-state index in [0.29, 0.717) is 32.5 Å². The Balaban J connectivity index is 5.58. The molecular formula is C51H101N6O11P. The molecule has 406 valence electrons. The molecule has 0 heterocycles. The lowest BCUT2D eigenvalue weighted by atomic mass is 9.89. The summed E-state index contributed by atoms with van der Waals surface area (Å²) in [6.07, 6.45) is 9.86. The van der Waals surface area contributed by atoms with Gasteiger partial charge in [0.15, 0.2) is 0 Å². The highest BCUT2D eigenvalue weighted by Gasteiger charge is 2.36. The van der Waals surface area contributed by atoms with Crippen LogP contribution in [0, 0.1) is 5.41 Å². The van der Waals surface area contributed by atoms with Crippen LogP contribution < -0.4 is 31.9 Å². The second-order valence-electron chi connectivity index (χ2n) is 22.8. The van der Waals surface area contributed by atoms with Crippen LogP contribution in [0.2, 0.25) is 0 Å². The summed E-state index contributed by atoms with van der Waals surface area (Å²) < 4.78 is 35.7. The van der Waals surface area contributed by atoms with E-state index in [1.54, 1.807) is 20.8 Å². The Kier molecular flexibility index (Phi) is 34.3. The number of hydrogen-bond donors (Lipinski definition) is 7. The quantitative estimate of drug-likeness (QED) is 0.0236. The van der Waals surface area contributed by atoms with E-state index in [4.69, 9.17) is 18.7 Å². The molecule has 0 fully saturated rings. The van der Waals surface area contributed by atoms with Crippen LogP contribution in [0.25, 0.3) is 0 Å². The van der Waals surface area contributed by atoms with Gasteiger partial charge < -0.3 is 55.5 Å². The van der Waals surface area contributed by atoms with Gasteiger partial charge in [0, 0.05) is 69.2 Å². The molecule has 1 unspecified atom stereocenters. The zero-order chi connectivity index (χ0) is 52.5. The maximum Gasteiger partial charge on any atom is 0.333 e. The molecule has 0 radical (unpaired) electrons. The molecule has 0 saturated carbocycles. The topological polar surface area (TPSA) is 232 Å². The van der Waals surface area contributed by atoms with Crippen molar-refractivity contribution in [3.8, 4) is 0 Å². The fraction of sp³-hybridized carbons (Fsp3) is 0.902. The predicted octanol–water partition coefficient (Wildman–Crippen LogP) is 7.26. The van der Waals surface area contributed by atoms with E-state index in [0.717, 1.165) is 70.9 Å². The molecule has 0 aliphatic rings. The summed E-state index contributed by atoms with van der Waals surface area (Å²) in [6.45, 7) is 27.5. The second-order valence-corrected chi connectivity index (χ2v) is 25.4. The maximum absolute atomic E-state index is 13.6. The summed E-state index contributed by atoms with van der Waals surface area (Å²) in [5.74, 6) is -0.749. The van der Waals surface area contributed by atoms with Gasteiger partial charge in [-0.3, -0.25) is 28.5 Å². The Morgan fingerprint density at radius 2 is 0.884 bits per heavy atom. The Labute approximate surface area is 418 Å². The summed E-state index contributed by atoms with van der Waals surface area (Å²) in [5.41, 5.74) is -0.992. The van der Waals surface area contributed by atoms with Gasteiger partial charge in [0.05, 0.1) is 51.4 Å². The highest BCUT2D eigenvalue weighted by atomic mass is 31.2. The average molecular weight is 1010 g/mol. The van der Waals surface area contributed by atoms with Crippen molar-refractivity contribution in [2.75, 3.05) is 79.0 Å². The fourth-order valence-corrected chi connectivity index (χ4v) is 7.38. The van der Waals surface area contributed by atoms with Crippen molar-refractivity contribution in [2.45, 2.75) is 214 Å². The SMILES string of the molecule is CC(C)(C)CCCCCC(=O)CCOCC(COCCC(=O)NCCCNC(C)(C)C)(COCCC(=O)NCCCNC(C)(C)C)NC(=O)CCCC(=O)NCCCCCCOP(=O)(O)C(C)(C)C.